The quantitative estimate of drug-likeness (QED) is 0.662. The van der Waals surface area contributed by atoms with Crippen LogP contribution in [0.5, 0.6) is 5.75 Å². The summed E-state index contributed by atoms with van der Waals surface area (Å²) >= 11 is 0. The van der Waals surface area contributed by atoms with Gasteiger partial charge in [0.2, 0.25) is 0 Å². The normalized spacial score (nSPS) is 12.1. The van der Waals surface area contributed by atoms with Gasteiger partial charge in [-0.2, -0.15) is 0 Å². The van der Waals surface area contributed by atoms with Crippen molar-refractivity contribution in [1.29, 1.82) is 0 Å². The van der Waals surface area contributed by atoms with E-state index in [9.17, 15) is 9.90 Å². The molecule has 4 N–H and O–H groups in total. The van der Waals surface area contributed by atoms with E-state index in [4.69, 9.17) is 10.5 Å². The monoisotopic (exact) mass is 224 g/mol. The van der Waals surface area contributed by atoms with Crippen molar-refractivity contribution in [3.8, 4) is 5.75 Å². The molecule has 1 rings (SSSR count). The van der Waals surface area contributed by atoms with E-state index in [1.165, 1.54) is 12.1 Å². The Morgan fingerprint density at radius 3 is 2.94 bits per heavy atom. The smallest absolute Gasteiger partial charge is 0.251 e. The van der Waals surface area contributed by atoms with E-state index in [0.29, 0.717) is 18.7 Å². The Labute approximate surface area is 94.2 Å². The fourth-order valence-electron chi connectivity index (χ4n) is 1.29. The molecule has 16 heavy (non-hydrogen) atoms. The number of methoxy groups -OCH3 is 1. The lowest BCUT2D eigenvalue weighted by atomic mass is 10.2. The number of rotatable bonds is 5. The summed E-state index contributed by atoms with van der Waals surface area (Å²) in [5.41, 5.74) is 5.87. The van der Waals surface area contributed by atoms with Crippen molar-refractivity contribution in [3.63, 3.8) is 0 Å². The van der Waals surface area contributed by atoms with Gasteiger partial charge in [0.25, 0.3) is 5.91 Å². The van der Waals surface area contributed by atoms with Crippen molar-refractivity contribution >= 4 is 5.91 Å². The van der Waals surface area contributed by atoms with Gasteiger partial charge >= 0.3 is 0 Å². The van der Waals surface area contributed by atoms with Gasteiger partial charge in [-0.1, -0.05) is 6.07 Å². The summed E-state index contributed by atoms with van der Waals surface area (Å²) in [5, 5.41) is 11.9. The number of ether oxygens (including phenoxy) is 1. The maximum absolute atomic E-state index is 11.7. The Kier molecular flexibility index (Phi) is 4.75. The number of hydrogen-bond donors (Lipinski definition) is 3. The third-order valence-electron chi connectivity index (χ3n) is 2.10. The van der Waals surface area contributed by atoms with Crippen molar-refractivity contribution in [1.82, 2.24) is 5.32 Å². The van der Waals surface area contributed by atoms with E-state index in [1.807, 2.05) is 0 Å². The van der Waals surface area contributed by atoms with E-state index in [-0.39, 0.29) is 17.7 Å². The highest BCUT2D eigenvalue weighted by molar-refractivity contribution is 5.94. The highest BCUT2D eigenvalue weighted by Gasteiger charge is 2.12. The van der Waals surface area contributed by atoms with Crippen LogP contribution < -0.4 is 11.1 Å². The van der Waals surface area contributed by atoms with Crippen LogP contribution >= 0.6 is 0 Å². The molecule has 0 heterocycles. The molecule has 0 aromatic heterocycles. The van der Waals surface area contributed by atoms with Crippen LogP contribution in [-0.2, 0) is 4.74 Å². The Bertz CT molecular complexity index is 355. The van der Waals surface area contributed by atoms with Crippen molar-refractivity contribution in [2.75, 3.05) is 20.3 Å². The van der Waals surface area contributed by atoms with Crippen LogP contribution in [0.2, 0.25) is 0 Å². The topological polar surface area (TPSA) is 84.6 Å². The van der Waals surface area contributed by atoms with Gasteiger partial charge in [0.05, 0.1) is 12.6 Å². The molecule has 5 nitrogen and oxygen atoms in total. The summed E-state index contributed by atoms with van der Waals surface area (Å²) in [6.45, 7) is 0.666. The van der Waals surface area contributed by atoms with Crippen LogP contribution in [0.15, 0.2) is 24.3 Å². The minimum Gasteiger partial charge on any atom is -0.508 e. The number of benzene rings is 1. The Balaban J connectivity index is 2.64. The molecule has 0 spiro atoms. The van der Waals surface area contributed by atoms with Crippen LogP contribution in [0.1, 0.15) is 10.4 Å². The lowest BCUT2D eigenvalue weighted by Crippen LogP contribution is -2.43. The standard InChI is InChI=1S/C11H16N2O3/c1-16-7-9(6-12)13-11(15)8-3-2-4-10(14)5-8/h2-5,9,14H,6-7,12H2,1H3,(H,13,15). The number of carbonyl (C=O) groups is 1. The molecule has 0 saturated heterocycles. The molecule has 0 aliphatic heterocycles. The summed E-state index contributed by atoms with van der Waals surface area (Å²) < 4.78 is 4.91. The van der Waals surface area contributed by atoms with Crippen LogP contribution in [0.25, 0.3) is 0 Å². The van der Waals surface area contributed by atoms with Gasteiger partial charge in [-0.3, -0.25) is 4.79 Å². The second-order valence-corrected chi connectivity index (χ2v) is 3.41. The van der Waals surface area contributed by atoms with Gasteiger partial charge in [-0.15, -0.1) is 0 Å². The first-order valence-electron chi connectivity index (χ1n) is 4.96. The summed E-state index contributed by atoms with van der Waals surface area (Å²) in [4.78, 5) is 11.7. The molecule has 0 aliphatic rings. The van der Waals surface area contributed by atoms with Gasteiger partial charge < -0.3 is 20.9 Å². The van der Waals surface area contributed by atoms with Gasteiger partial charge in [-0.05, 0) is 18.2 Å². The molecule has 1 unspecified atom stereocenters. The molecular formula is C11H16N2O3. The second-order valence-electron chi connectivity index (χ2n) is 3.41. The molecule has 0 fully saturated rings. The SMILES string of the molecule is COCC(CN)NC(=O)c1cccc(O)c1. The van der Waals surface area contributed by atoms with E-state index in [2.05, 4.69) is 5.32 Å². The van der Waals surface area contributed by atoms with Gasteiger partial charge in [0.1, 0.15) is 5.75 Å². The molecule has 0 saturated carbocycles. The number of phenols is 1. The summed E-state index contributed by atoms with van der Waals surface area (Å²) in [5.74, 6) is -0.216. The highest BCUT2D eigenvalue weighted by atomic mass is 16.5. The lowest BCUT2D eigenvalue weighted by Gasteiger charge is -2.15. The molecular weight excluding hydrogens is 208 g/mol. The van der Waals surface area contributed by atoms with Crippen LogP contribution in [0.4, 0.5) is 0 Å². The number of nitrogens with one attached hydrogen (secondary N) is 1. The zero-order valence-electron chi connectivity index (χ0n) is 9.14. The average Bonchev–Trinajstić information content (AvgIpc) is 2.28. The number of hydrogen-bond acceptors (Lipinski definition) is 4. The first kappa shape index (κ1) is 12.5. The van der Waals surface area contributed by atoms with Crippen molar-refractivity contribution in [3.05, 3.63) is 29.8 Å². The predicted molar refractivity (Wildman–Crippen MR) is 60.3 cm³/mol. The molecule has 0 aliphatic carbocycles. The Hall–Kier alpha value is -1.59. The van der Waals surface area contributed by atoms with E-state index in [0.717, 1.165) is 0 Å². The minimum atomic E-state index is -0.275. The van der Waals surface area contributed by atoms with E-state index in [1.54, 1.807) is 19.2 Å². The van der Waals surface area contributed by atoms with Crippen molar-refractivity contribution in [2.45, 2.75) is 6.04 Å². The molecule has 1 aromatic carbocycles. The molecule has 0 radical (unpaired) electrons. The van der Waals surface area contributed by atoms with Gasteiger partial charge in [-0.25, -0.2) is 0 Å². The number of phenolic OH excluding ortho intramolecular Hbond substituents is 1. The number of aromatic hydroxyl groups is 1. The number of nitrogens with two attached hydrogens (primary N) is 1. The minimum absolute atomic E-state index is 0.0590. The lowest BCUT2D eigenvalue weighted by molar-refractivity contribution is 0.0900. The first-order chi connectivity index (χ1) is 7.67. The molecule has 0 bridgehead atoms. The second kappa shape index (κ2) is 6.09. The third kappa shape index (κ3) is 3.52. The maximum Gasteiger partial charge on any atom is 0.251 e. The van der Waals surface area contributed by atoms with E-state index >= 15 is 0 Å². The largest absolute Gasteiger partial charge is 0.508 e. The Morgan fingerprint density at radius 2 is 2.38 bits per heavy atom. The fourth-order valence-corrected chi connectivity index (χ4v) is 1.29. The first-order valence-corrected chi connectivity index (χ1v) is 4.96. The summed E-state index contributed by atoms with van der Waals surface area (Å²) in [6, 6.07) is 5.91. The molecule has 1 aromatic rings. The zero-order chi connectivity index (χ0) is 12.0. The molecule has 5 heteroatoms. The Morgan fingerprint density at radius 1 is 1.62 bits per heavy atom. The maximum atomic E-state index is 11.7. The molecule has 1 amide bonds. The number of carbonyl (C=O) groups excluding carboxylic acids is 1. The van der Waals surface area contributed by atoms with E-state index < -0.39 is 0 Å². The zero-order valence-corrected chi connectivity index (χ0v) is 9.14. The third-order valence-corrected chi connectivity index (χ3v) is 2.10. The summed E-state index contributed by atoms with van der Waals surface area (Å²) in [7, 11) is 1.54. The fraction of sp³-hybridized carbons (Fsp3) is 0.364. The van der Waals surface area contributed by atoms with Crippen LogP contribution in [0, 0.1) is 0 Å². The highest BCUT2D eigenvalue weighted by Crippen LogP contribution is 2.10. The van der Waals surface area contributed by atoms with Crippen LogP contribution in [-0.4, -0.2) is 37.3 Å². The van der Waals surface area contributed by atoms with Gasteiger partial charge in [0.15, 0.2) is 0 Å². The van der Waals surface area contributed by atoms with Crippen LogP contribution in [0.3, 0.4) is 0 Å². The van der Waals surface area contributed by atoms with Gasteiger partial charge in [0, 0.05) is 19.2 Å². The molecule has 88 valence electrons. The van der Waals surface area contributed by atoms with Crippen molar-refractivity contribution in [2.24, 2.45) is 5.73 Å². The summed E-state index contributed by atoms with van der Waals surface area (Å²) in [6.07, 6.45) is 0. The number of amides is 1. The van der Waals surface area contributed by atoms with Crippen molar-refractivity contribution < 1.29 is 14.6 Å². The predicted octanol–water partition coefficient (Wildman–Crippen LogP) is 0.0957. The molecule has 1 atom stereocenters. The average molecular weight is 224 g/mol.